The Morgan fingerprint density at radius 2 is 1.82 bits per heavy atom. The number of thiophene rings is 1. The van der Waals surface area contributed by atoms with Gasteiger partial charge in [-0.1, -0.05) is 24.3 Å². The highest BCUT2D eigenvalue weighted by atomic mass is 32.1. The Kier molecular flexibility index (Phi) is 6.28. The number of carbonyl (C=O) groups excluding carboxylic acids is 2. The molecule has 2 aromatic carbocycles. The van der Waals surface area contributed by atoms with Crippen LogP contribution in [-0.4, -0.2) is 36.5 Å². The molecule has 0 fully saturated rings. The third kappa shape index (κ3) is 3.94. The first kappa shape index (κ1) is 22.5. The van der Waals surface area contributed by atoms with Crippen molar-refractivity contribution in [1.82, 2.24) is 10.2 Å². The number of ether oxygens (including phenoxy) is 2. The van der Waals surface area contributed by atoms with Crippen molar-refractivity contribution >= 4 is 23.2 Å². The van der Waals surface area contributed by atoms with Gasteiger partial charge in [-0.3, -0.25) is 9.59 Å². The van der Waals surface area contributed by atoms with Crippen LogP contribution >= 0.6 is 11.3 Å². The summed E-state index contributed by atoms with van der Waals surface area (Å²) in [7, 11) is 0. The molecule has 0 unspecified atom stereocenters. The normalized spacial score (nSPS) is 18.5. The van der Waals surface area contributed by atoms with Gasteiger partial charge in [-0.25, -0.2) is 0 Å². The highest BCUT2D eigenvalue weighted by molar-refractivity contribution is 7.09. The molecule has 176 valence electrons. The van der Waals surface area contributed by atoms with Gasteiger partial charge in [0.1, 0.15) is 0 Å². The summed E-state index contributed by atoms with van der Waals surface area (Å²) in [6.45, 7) is 5.94. The van der Waals surface area contributed by atoms with E-state index in [0.29, 0.717) is 49.8 Å². The Labute approximate surface area is 203 Å². The monoisotopic (exact) mass is 476 g/mol. The lowest BCUT2D eigenvalue weighted by Gasteiger charge is -2.45. The molecule has 2 atom stereocenters. The van der Waals surface area contributed by atoms with Crippen molar-refractivity contribution in [1.29, 1.82) is 0 Å². The van der Waals surface area contributed by atoms with Gasteiger partial charge in [0.15, 0.2) is 11.5 Å². The number of fused-ring (bicyclic) bond motifs is 4. The molecule has 0 saturated carbocycles. The Bertz CT molecular complexity index is 1210. The van der Waals surface area contributed by atoms with Crippen molar-refractivity contribution in [2.24, 2.45) is 0 Å². The van der Waals surface area contributed by atoms with E-state index in [-0.39, 0.29) is 11.8 Å². The third-order valence-electron chi connectivity index (χ3n) is 6.48. The second kappa shape index (κ2) is 9.50. The third-order valence-corrected chi connectivity index (χ3v) is 7.36. The molecule has 1 N–H and O–H groups in total. The van der Waals surface area contributed by atoms with E-state index >= 15 is 0 Å². The molecule has 0 aliphatic carbocycles. The number of nitrogens with zero attached hydrogens (tertiary/aromatic N) is 1. The zero-order valence-corrected chi connectivity index (χ0v) is 20.2. The van der Waals surface area contributed by atoms with Gasteiger partial charge in [-0.05, 0) is 66.6 Å². The topological polar surface area (TPSA) is 67.9 Å². The summed E-state index contributed by atoms with van der Waals surface area (Å²) >= 11 is 1.61. The molecule has 0 spiro atoms. The molecule has 34 heavy (non-hydrogen) atoms. The van der Waals surface area contributed by atoms with E-state index in [1.54, 1.807) is 11.3 Å². The molecule has 2 aliphatic heterocycles. The van der Waals surface area contributed by atoms with Gasteiger partial charge in [-0.15, -0.1) is 11.3 Å². The van der Waals surface area contributed by atoms with Crippen molar-refractivity contribution in [3.05, 3.63) is 81.0 Å². The van der Waals surface area contributed by atoms with Crippen LogP contribution in [0.3, 0.4) is 0 Å². The molecular weight excluding hydrogens is 448 g/mol. The van der Waals surface area contributed by atoms with E-state index in [1.165, 1.54) is 0 Å². The fraction of sp³-hybridized carbons (Fsp3) is 0.333. The molecule has 3 heterocycles. The zero-order chi connectivity index (χ0) is 23.7. The molecular formula is C27H28N2O4S. The molecule has 0 saturated heterocycles. The number of hydrogen-bond donors (Lipinski definition) is 1. The summed E-state index contributed by atoms with van der Waals surface area (Å²) in [6.07, 6.45) is 0.704. The highest BCUT2D eigenvalue weighted by Crippen LogP contribution is 2.48. The van der Waals surface area contributed by atoms with E-state index in [1.807, 2.05) is 72.7 Å². The Hall–Kier alpha value is -3.32. The lowest BCUT2D eigenvalue weighted by Crippen LogP contribution is -2.50. The first-order valence-electron chi connectivity index (χ1n) is 11.7. The van der Waals surface area contributed by atoms with E-state index < -0.39 is 12.0 Å². The van der Waals surface area contributed by atoms with Gasteiger partial charge >= 0.3 is 0 Å². The minimum Gasteiger partial charge on any atom is -0.490 e. The van der Waals surface area contributed by atoms with Gasteiger partial charge in [0.25, 0.3) is 5.91 Å². The quantitative estimate of drug-likeness (QED) is 0.537. The van der Waals surface area contributed by atoms with Crippen LogP contribution in [0.25, 0.3) is 0 Å². The Morgan fingerprint density at radius 1 is 1.06 bits per heavy atom. The number of rotatable bonds is 7. The fourth-order valence-electron chi connectivity index (χ4n) is 5.05. The van der Waals surface area contributed by atoms with E-state index in [9.17, 15) is 9.59 Å². The van der Waals surface area contributed by atoms with Crippen LogP contribution in [0.5, 0.6) is 11.5 Å². The summed E-state index contributed by atoms with van der Waals surface area (Å²) in [5.41, 5.74) is 3.43. The predicted molar refractivity (Wildman–Crippen MR) is 132 cm³/mol. The number of amides is 2. The van der Waals surface area contributed by atoms with Crippen LogP contribution in [0.4, 0.5) is 0 Å². The van der Waals surface area contributed by atoms with Crippen molar-refractivity contribution in [3.8, 4) is 11.5 Å². The average molecular weight is 477 g/mol. The summed E-state index contributed by atoms with van der Waals surface area (Å²) in [5.74, 6) is 0.732. The van der Waals surface area contributed by atoms with Crippen molar-refractivity contribution < 1.29 is 19.1 Å². The molecule has 1 aromatic heterocycles. The molecule has 2 aliphatic rings. The molecule has 5 rings (SSSR count). The van der Waals surface area contributed by atoms with Gasteiger partial charge < -0.3 is 19.7 Å². The second-order valence-corrected chi connectivity index (χ2v) is 9.45. The summed E-state index contributed by atoms with van der Waals surface area (Å²) in [4.78, 5) is 30.1. The van der Waals surface area contributed by atoms with Crippen LogP contribution in [0.2, 0.25) is 0 Å². The molecule has 0 bridgehead atoms. The molecule has 7 heteroatoms. The van der Waals surface area contributed by atoms with E-state index in [2.05, 4.69) is 5.32 Å². The number of hydrogen-bond acceptors (Lipinski definition) is 5. The largest absolute Gasteiger partial charge is 0.490 e. The maximum absolute atomic E-state index is 13.7. The van der Waals surface area contributed by atoms with Crippen LogP contribution in [0.1, 0.15) is 57.7 Å². The summed E-state index contributed by atoms with van der Waals surface area (Å²) in [5, 5.41) is 5.12. The minimum atomic E-state index is -0.514. The molecule has 6 nitrogen and oxygen atoms in total. The lowest BCUT2D eigenvalue weighted by atomic mass is 9.75. The van der Waals surface area contributed by atoms with Crippen LogP contribution in [-0.2, 0) is 17.8 Å². The zero-order valence-electron chi connectivity index (χ0n) is 19.4. The van der Waals surface area contributed by atoms with E-state index in [4.69, 9.17) is 9.47 Å². The predicted octanol–water partition coefficient (Wildman–Crippen LogP) is 4.70. The van der Waals surface area contributed by atoms with Gasteiger partial charge in [0.2, 0.25) is 5.91 Å². The number of nitrogens with one attached hydrogen (secondary N) is 1. The van der Waals surface area contributed by atoms with E-state index in [0.717, 1.165) is 21.6 Å². The van der Waals surface area contributed by atoms with Crippen molar-refractivity contribution in [2.45, 2.75) is 38.8 Å². The maximum Gasteiger partial charge on any atom is 0.254 e. The van der Waals surface area contributed by atoms with Crippen LogP contribution in [0.15, 0.2) is 53.9 Å². The van der Waals surface area contributed by atoms with Gasteiger partial charge in [0, 0.05) is 17.0 Å². The maximum atomic E-state index is 13.7. The van der Waals surface area contributed by atoms with Crippen LogP contribution < -0.4 is 14.8 Å². The lowest BCUT2D eigenvalue weighted by molar-refractivity contribution is -0.124. The van der Waals surface area contributed by atoms with Gasteiger partial charge in [0.05, 0.1) is 31.7 Å². The fourth-order valence-corrected chi connectivity index (χ4v) is 5.70. The van der Waals surface area contributed by atoms with Crippen LogP contribution in [0, 0.1) is 0 Å². The molecule has 0 radical (unpaired) electrons. The SMILES string of the molecule is CCOc1cc2c(cc1OCC)[C@H]1[C@@H](C(=O)NCc3cccs3)c3ccccc3C(=O)N1CC2. The smallest absolute Gasteiger partial charge is 0.254 e. The number of carbonyl (C=O) groups is 2. The Morgan fingerprint density at radius 3 is 2.56 bits per heavy atom. The summed E-state index contributed by atoms with van der Waals surface area (Å²) in [6, 6.07) is 15.1. The summed E-state index contributed by atoms with van der Waals surface area (Å²) < 4.78 is 11.7. The highest BCUT2D eigenvalue weighted by Gasteiger charge is 2.46. The Balaban J connectivity index is 1.60. The van der Waals surface area contributed by atoms with Gasteiger partial charge in [-0.2, -0.15) is 0 Å². The molecule has 2 amide bonds. The first-order valence-corrected chi connectivity index (χ1v) is 12.6. The van der Waals surface area contributed by atoms with Crippen molar-refractivity contribution in [2.75, 3.05) is 19.8 Å². The van der Waals surface area contributed by atoms with Crippen molar-refractivity contribution in [3.63, 3.8) is 0 Å². The average Bonchev–Trinajstić information content (AvgIpc) is 3.37. The second-order valence-electron chi connectivity index (χ2n) is 8.42. The standard InChI is InChI=1S/C27H28N2O4S/c1-3-32-22-14-17-11-12-29-25(21(17)15-23(22)33-4-2)24(19-9-5-6-10-20(19)27(29)31)26(30)28-16-18-8-7-13-34-18/h5-10,13-15,24-25H,3-4,11-12,16H2,1-2H3,(H,28,30)/t24-,25-/m0/s1. The first-order chi connectivity index (χ1) is 16.6. The minimum absolute atomic E-state index is 0.0274. The molecule has 3 aromatic rings. The number of benzene rings is 2.